The molecule has 0 amide bonds. The average molecular weight is 175 g/mol. The summed E-state index contributed by atoms with van der Waals surface area (Å²) in [4.78, 5) is 2.30. The lowest BCUT2D eigenvalue weighted by molar-refractivity contribution is 0.0689. The maximum Gasteiger partial charge on any atom is 0.0758 e. The molecular weight excluding hydrogens is 158 g/mol. The second-order valence-corrected chi connectivity index (χ2v) is 4.05. The third kappa shape index (κ3) is 3.01. The van der Waals surface area contributed by atoms with Gasteiger partial charge in [-0.25, -0.2) is 0 Å². The Morgan fingerprint density at radius 2 is 2.36 bits per heavy atom. The molecule has 1 aliphatic rings. The van der Waals surface area contributed by atoms with Crippen LogP contribution in [-0.2, 0) is 0 Å². The number of hydrogen-bond acceptors (Lipinski definition) is 3. The number of rotatable bonds is 3. The maximum atomic E-state index is 9.60. The Bertz CT molecular complexity index is 127. The normalized spacial score (nSPS) is 33.0. The topological polar surface area (TPSA) is 23.5 Å². The molecule has 1 fully saturated rings. The number of aliphatic hydroxyl groups is 1. The van der Waals surface area contributed by atoms with Crippen molar-refractivity contribution in [3.8, 4) is 0 Å². The van der Waals surface area contributed by atoms with Crippen LogP contribution in [0.5, 0.6) is 0 Å². The van der Waals surface area contributed by atoms with Crippen LogP contribution in [0.15, 0.2) is 0 Å². The molecule has 1 saturated heterocycles. The maximum absolute atomic E-state index is 9.60. The Hall–Kier alpha value is 0.270. The average Bonchev–Trinajstić information content (AvgIpc) is 2.26. The Morgan fingerprint density at radius 1 is 1.64 bits per heavy atom. The van der Waals surface area contributed by atoms with E-state index in [1.54, 1.807) is 0 Å². The molecule has 1 unspecified atom stereocenters. The number of thiol groups is 1. The highest BCUT2D eigenvalue weighted by atomic mass is 32.1. The van der Waals surface area contributed by atoms with Gasteiger partial charge in [-0.2, -0.15) is 12.6 Å². The molecule has 0 aromatic heterocycles. The van der Waals surface area contributed by atoms with Gasteiger partial charge in [0.2, 0.25) is 0 Å². The summed E-state index contributed by atoms with van der Waals surface area (Å²) in [6.07, 6.45) is 2.04. The van der Waals surface area contributed by atoms with Gasteiger partial charge in [0.1, 0.15) is 0 Å². The van der Waals surface area contributed by atoms with E-state index in [1.165, 1.54) is 0 Å². The fourth-order valence-electron chi connectivity index (χ4n) is 1.52. The summed E-state index contributed by atoms with van der Waals surface area (Å²) in [6, 6.07) is 0. The van der Waals surface area contributed by atoms with E-state index < -0.39 is 5.60 Å². The molecule has 0 aliphatic carbocycles. The van der Waals surface area contributed by atoms with Gasteiger partial charge in [-0.3, -0.25) is 0 Å². The lowest BCUT2D eigenvalue weighted by Gasteiger charge is -2.17. The van der Waals surface area contributed by atoms with Gasteiger partial charge in [0, 0.05) is 13.1 Å². The first-order valence-corrected chi connectivity index (χ1v) is 4.83. The van der Waals surface area contributed by atoms with Crippen molar-refractivity contribution in [1.82, 2.24) is 4.90 Å². The van der Waals surface area contributed by atoms with Crippen LogP contribution >= 0.6 is 12.6 Å². The van der Waals surface area contributed by atoms with Gasteiger partial charge in [0.05, 0.1) is 5.60 Å². The minimum absolute atomic E-state index is 0.434. The second kappa shape index (κ2) is 3.78. The molecule has 11 heavy (non-hydrogen) atoms. The Morgan fingerprint density at radius 3 is 2.82 bits per heavy atom. The van der Waals surface area contributed by atoms with Gasteiger partial charge in [-0.05, 0) is 32.1 Å². The van der Waals surface area contributed by atoms with Crippen LogP contribution in [-0.4, -0.2) is 41.0 Å². The molecule has 0 saturated carbocycles. The van der Waals surface area contributed by atoms with Crippen LogP contribution in [0.3, 0.4) is 0 Å². The zero-order chi connectivity index (χ0) is 8.32. The molecule has 1 rings (SSSR count). The molecule has 1 N–H and O–H groups in total. The first-order valence-electron chi connectivity index (χ1n) is 4.20. The SMILES string of the molecule is CC1(O)CCN(CCCS)C1. The van der Waals surface area contributed by atoms with Gasteiger partial charge in [0.25, 0.3) is 0 Å². The highest BCUT2D eigenvalue weighted by molar-refractivity contribution is 7.80. The van der Waals surface area contributed by atoms with Gasteiger partial charge in [-0.1, -0.05) is 0 Å². The first-order chi connectivity index (χ1) is 5.14. The smallest absolute Gasteiger partial charge is 0.0758 e. The summed E-state index contributed by atoms with van der Waals surface area (Å²) >= 11 is 4.15. The molecule has 0 spiro atoms. The van der Waals surface area contributed by atoms with Crippen molar-refractivity contribution in [1.29, 1.82) is 0 Å². The molecule has 0 aromatic carbocycles. The monoisotopic (exact) mass is 175 g/mol. The summed E-state index contributed by atoms with van der Waals surface area (Å²) in [5.74, 6) is 0.943. The van der Waals surface area contributed by atoms with E-state index in [0.717, 1.165) is 38.2 Å². The lowest BCUT2D eigenvalue weighted by Crippen LogP contribution is -2.30. The van der Waals surface area contributed by atoms with Crippen molar-refractivity contribution in [3.63, 3.8) is 0 Å². The van der Waals surface area contributed by atoms with E-state index in [9.17, 15) is 5.11 Å². The number of β-amino-alcohol motifs (C(OH)–C–C–N with tert-alkyl or cyclic N) is 1. The molecule has 2 nitrogen and oxygen atoms in total. The largest absolute Gasteiger partial charge is 0.389 e. The Balaban J connectivity index is 2.20. The van der Waals surface area contributed by atoms with Crippen LogP contribution in [0.4, 0.5) is 0 Å². The van der Waals surface area contributed by atoms with E-state index in [0.29, 0.717) is 0 Å². The highest BCUT2D eigenvalue weighted by Gasteiger charge is 2.30. The van der Waals surface area contributed by atoms with Crippen molar-refractivity contribution in [3.05, 3.63) is 0 Å². The fourth-order valence-corrected chi connectivity index (χ4v) is 1.67. The molecule has 1 atom stereocenters. The lowest BCUT2D eigenvalue weighted by atomic mass is 10.1. The standard InChI is InChI=1S/C8H17NOS/c1-8(10)3-5-9(7-8)4-2-6-11/h10-11H,2-7H2,1H3. The zero-order valence-electron chi connectivity index (χ0n) is 7.08. The summed E-state index contributed by atoms with van der Waals surface area (Å²) in [7, 11) is 0. The van der Waals surface area contributed by atoms with Crippen molar-refractivity contribution in [2.24, 2.45) is 0 Å². The van der Waals surface area contributed by atoms with E-state index >= 15 is 0 Å². The van der Waals surface area contributed by atoms with Crippen LogP contribution in [0.25, 0.3) is 0 Å². The van der Waals surface area contributed by atoms with Crippen molar-refractivity contribution < 1.29 is 5.11 Å². The number of nitrogens with zero attached hydrogens (tertiary/aromatic N) is 1. The predicted molar refractivity (Wildman–Crippen MR) is 50.2 cm³/mol. The molecule has 0 radical (unpaired) electrons. The Labute approximate surface area is 74.0 Å². The van der Waals surface area contributed by atoms with Gasteiger partial charge < -0.3 is 10.0 Å². The molecular formula is C8H17NOS. The summed E-state index contributed by atoms with van der Waals surface area (Å²) in [6.45, 7) is 4.87. The van der Waals surface area contributed by atoms with Gasteiger partial charge in [0.15, 0.2) is 0 Å². The predicted octanol–water partition coefficient (Wildman–Crippen LogP) is 0.763. The zero-order valence-corrected chi connectivity index (χ0v) is 7.98. The highest BCUT2D eigenvalue weighted by Crippen LogP contribution is 2.19. The van der Waals surface area contributed by atoms with Crippen LogP contribution in [0, 0.1) is 0 Å². The van der Waals surface area contributed by atoms with E-state index in [-0.39, 0.29) is 0 Å². The van der Waals surface area contributed by atoms with E-state index in [4.69, 9.17) is 0 Å². The first kappa shape index (κ1) is 9.36. The molecule has 3 heteroatoms. The molecule has 1 aliphatic heterocycles. The van der Waals surface area contributed by atoms with Crippen molar-refractivity contribution in [2.45, 2.75) is 25.4 Å². The van der Waals surface area contributed by atoms with E-state index in [1.807, 2.05) is 6.92 Å². The summed E-state index contributed by atoms with van der Waals surface area (Å²) in [5, 5.41) is 9.60. The Kier molecular flexibility index (Phi) is 3.22. The minimum atomic E-state index is -0.434. The second-order valence-electron chi connectivity index (χ2n) is 3.60. The number of likely N-dealkylation sites (tertiary alicyclic amines) is 1. The van der Waals surface area contributed by atoms with Gasteiger partial charge >= 0.3 is 0 Å². The van der Waals surface area contributed by atoms with Crippen LogP contribution in [0.2, 0.25) is 0 Å². The molecule has 0 aromatic rings. The number of hydrogen-bond donors (Lipinski definition) is 2. The van der Waals surface area contributed by atoms with Crippen LogP contribution in [0.1, 0.15) is 19.8 Å². The summed E-state index contributed by atoms with van der Waals surface area (Å²) < 4.78 is 0. The third-order valence-corrected chi connectivity index (χ3v) is 2.48. The van der Waals surface area contributed by atoms with Crippen molar-refractivity contribution in [2.75, 3.05) is 25.4 Å². The molecule has 66 valence electrons. The van der Waals surface area contributed by atoms with Gasteiger partial charge in [-0.15, -0.1) is 0 Å². The molecule has 1 heterocycles. The third-order valence-electron chi connectivity index (χ3n) is 2.16. The molecule has 0 bridgehead atoms. The van der Waals surface area contributed by atoms with Crippen LogP contribution < -0.4 is 0 Å². The quantitative estimate of drug-likeness (QED) is 0.619. The minimum Gasteiger partial charge on any atom is -0.389 e. The fraction of sp³-hybridized carbons (Fsp3) is 1.00. The summed E-state index contributed by atoms with van der Waals surface area (Å²) in [5.41, 5.74) is -0.434. The van der Waals surface area contributed by atoms with Crippen molar-refractivity contribution >= 4 is 12.6 Å². The van der Waals surface area contributed by atoms with E-state index in [2.05, 4.69) is 17.5 Å².